The molecule has 0 saturated carbocycles. The molecule has 2 saturated heterocycles. The molecule has 1 aromatic carbocycles. The SMILES string of the molecule is O=C(CN1CCC(NCc2cccc3c2OCO3)CC1)N1CCCC1. The quantitative estimate of drug-likeness (QED) is 0.878. The summed E-state index contributed by atoms with van der Waals surface area (Å²) in [6.45, 7) is 5.57. The van der Waals surface area contributed by atoms with Crippen LogP contribution in [0.1, 0.15) is 31.2 Å². The van der Waals surface area contributed by atoms with Crippen LogP contribution in [-0.2, 0) is 11.3 Å². The van der Waals surface area contributed by atoms with E-state index in [0.717, 1.165) is 75.5 Å². The number of para-hydroxylation sites is 1. The first kappa shape index (κ1) is 16.7. The van der Waals surface area contributed by atoms with E-state index in [0.29, 0.717) is 25.3 Å². The van der Waals surface area contributed by atoms with Gasteiger partial charge in [-0.25, -0.2) is 0 Å². The molecule has 1 amide bonds. The van der Waals surface area contributed by atoms with Crippen LogP contribution in [0.5, 0.6) is 11.5 Å². The molecule has 6 nitrogen and oxygen atoms in total. The van der Waals surface area contributed by atoms with Crippen molar-refractivity contribution < 1.29 is 14.3 Å². The van der Waals surface area contributed by atoms with E-state index in [-0.39, 0.29) is 0 Å². The van der Waals surface area contributed by atoms with Crippen LogP contribution in [0.3, 0.4) is 0 Å². The van der Waals surface area contributed by atoms with Crippen LogP contribution in [0.4, 0.5) is 0 Å². The van der Waals surface area contributed by atoms with Crippen molar-refractivity contribution in [3.8, 4) is 11.5 Å². The highest BCUT2D eigenvalue weighted by Gasteiger charge is 2.24. The normalized spacial score (nSPS) is 21.0. The molecule has 0 bridgehead atoms. The number of rotatable bonds is 5. The van der Waals surface area contributed by atoms with Gasteiger partial charge in [-0.2, -0.15) is 0 Å². The van der Waals surface area contributed by atoms with Crippen molar-refractivity contribution in [2.24, 2.45) is 0 Å². The average molecular weight is 345 g/mol. The number of carbonyl (C=O) groups excluding carboxylic acids is 1. The summed E-state index contributed by atoms with van der Waals surface area (Å²) < 4.78 is 11.0. The van der Waals surface area contributed by atoms with Crippen LogP contribution in [-0.4, -0.2) is 61.3 Å². The monoisotopic (exact) mass is 345 g/mol. The van der Waals surface area contributed by atoms with Gasteiger partial charge >= 0.3 is 0 Å². The number of carbonyl (C=O) groups is 1. The largest absolute Gasteiger partial charge is 0.454 e. The van der Waals surface area contributed by atoms with E-state index in [2.05, 4.69) is 16.3 Å². The van der Waals surface area contributed by atoms with E-state index in [9.17, 15) is 4.79 Å². The Bertz CT molecular complexity index is 608. The first-order valence-corrected chi connectivity index (χ1v) is 9.40. The molecule has 0 aromatic heterocycles. The second-order valence-corrected chi connectivity index (χ2v) is 7.17. The molecule has 6 heteroatoms. The molecule has 1 N–H and O–H groups in total. The third-order valence-corrected chi connectivity index (χ3v) is 5.46. The van der Waals surface area contributed by atoms with Gasteiger partial charge in [-0.15, -0.1) is 0 Å². The standard InChI is InChI=1S/C19H27N3O3/c23-18(22-8-1-2-9-22)13-21-10-6-16(7-11-21)20-12-15-4-3-5-17-19(15)25-14-24-17/h3-5,16,20H,1-2,6-14H2. The first-order valence-electron chi connectivity index (χ1n) is 9.40. The topological polar surface area (TPSA) is 54.0 Å². The predicted octanol–water partition coefficient (Wildman–Crippen LogP) is 1.59. The van der Waals surface area contributed by atoms with E-state index in [4.69, 9.17) is 9.47 Å². The molecule has 3 aliphatic rings. The summed E-state index contributed by atoms with van der Waals surface area (Å²) in [6, 6.07) is 6.54. The number of nitrogens with one attached hydrogen (secondary N) is 1. The summed E-state index contributed by atoms with van der Waals surface area (Å²) in [7, 11) is 0. The minimum absolute atomic E-state index is 0.306. The van der Waals surface area contributed by atoms with Crippen molar-refractivity contribution in [1.82, 2.24) is 15.1 Å². The Labute approximate surface area is 149 Å². The zero-order valence-corrected chi connectivity index (χ0v) is 14.7. The van der Waals surface area contributed by atoms with Crippen LogP contribution in [0, 0.1) is 0 Å². The van der Waals surface area contributed by atoms with E-state index in [1.165, 1.54) is 0 Å². The van der Waals surface area contributed by atoms with Crippen molar-refractivity contribution >= 4 is 5.91 Å². The predicted molar refractivity (Wildman–Crippen MR) is 94.7 cm³/mol. The van der Waals surface area contributed by atoms with Crippen LogP contribution >= 0.6 is 0 Å². The second kappa shape index (κ2) is 7.62. The number of amides is 1. The van der Waals surface area contributed by atoms with Crippen molar-refractivity contribution in [2.45, 2.75) is 38.3 Å². The fourth-order valence-corrected chi connectivity index (χ4v) is 3.94. The molecule has 3 heterocycles. The summed E-state index contributed by atoms with van der Waals surface area (Å²) in [4.78, 5) is 16.6. The molecule has 0 spiro atoms. The first-order chi connectivity index (χ1) is 12.3. The Morgan fingerprint density at radius 2 is 1.92 bits per heavy atom. The Hall–Kier alpha value is -1.79. The van der Waals surface area contributed by atoms with Gasteiger partial charge < -0.3 is 19.7 Å². The molecule has 0 radical (unpaired) electrons. The maximum atomic E-state index is 12.3. The molecule has 136 valence electrons. The molecular formula is C19H27N3O3. The molecular weight excluding hydrogens is 318 g/mol. The van der Waals surface area contributed by atoms with E-state index >= 15 is 0 Å². The summed E-state index contributed by atoms with van der Waals surface area (Å²) in [5.41, 5.74) is 1.15. The van der Waals surface area contributed by atoms with Crippen molar-refractivity contribution in [3.63, 3.8) is 0 Å². The summed E-state index contributed by atoms with van der Waals surface area (Å²) in [6.07, 6.45) is 4.49. The maximum absolute atomic E-state index is 12.3. The number of nitrogens with zero attached hydrogens (tertiary/aromatic N) is 2. The molecule has 25 heavy (non-hydrogen) atoms. The van der Waals surface area contributed by atoms with E-state index in [1.54, 1.807) is 0 Å². The molecule has 3 aliphatic heterocycles. The summed E-state index contributed by atoms with van der Waals surface area (Å²) >= 11 is 0. The number of ether oxygens (including phenoxy) is 2. The van der Waals surface area contributed by atoms with Gasteiger partial charge in [0.1, 0.15) is 0 Å². The van der Waals surface area contributed by atoms with Crippen LogP contribution < -0.4 is 14.8 Å². The fraction of sp³-hybridized carbons (Fsp3) is 0.632. The molecule has 2 fully saturated rings. The molecule has 0 atom stereocenters. The number of piperidine rings is 1. The highest BCUT2D eigenvalue weighted by Crippen LogP contribution is 2.35. The summed E-state index contributed by atoms with van der Waals surface area (Å²) in [5, 5.41) is 3.64. The van der Waals surface area contributed by atoms with Gasteiger partial charge in [-0.3, -0.25) is 9.69 Å². The van der Waals surface area contributed by atoms with Gasteiger partial charge in [0, 0.05) is 44.3 Å². The zero-order chi connectivity index (χ0) is 17.1. The smallest absolute Gasteiger partial charge is 0.236 e. The van der Waals surface area contributed by atoms with E-state index in [1.807, 2.05) is 17.0 Å². The van der Waals surface area contributed by atoms with Crippen molar-refractivity contribution in [2.75, 3.05) is 39.5 Å². The third kappa shape index (κ3) is 3.90. The molecule has 0 unspecified atom stereocenters. The molecule has 1 aromatic rings. The molecule has 0 aliphatic carbocycles. The lowest BCUT2D eigenvalue weighted by atomic mass is 10.0. The fourth-order valence-electron chi connectivity index (χ4n) is 3.94. The maximum Gasteiger partial charge on any atom is 0.236 e. The Kier molecular flexibility index (Phi) is 5.08. The average Bonchev–Trinajstić information content (AvgIpc) is 3.32. The highest BCUT2D eigenvalue weighted by molar-refractivity contribution is 5.78. The zero-order valence-electron chi connectivity index (χ0n) is 14.7. The van der Waals surface area contributed by atoms with Gasteiger partial charge in [-0.1, -0.05) is 12.1 Å². The van der Waals surface area contributed by atoms with Crippen LogP contribution in [0.15, 0.2) is 18.2 Å². The van der Waals surface area contributed by atoms with Crippen molar-refractivity contribution in [1.29, 1.82) is 0 Å². The Morgan fingerprint density at radius 3 is 2.72 bits per heavy atom. The van der Waals surface area contributed by atoms with Crippen molar-refractivity contribution in [3.05, 3.63) is 23.8 Å². The Morgan fingerprint density at radius 1 is 1.12 bits per heavy atom. The Balaban J connectivity index is 1.21. The van der Waals surface area contributed by atoms with Crippen LogP contribution in [0.25, 0.3) is 0 Å². The van der Waals surface area contributed by atoms with Gasteiger partial charge in [0.2, 0.25) is 12.7 Å². The second-order valence-electron chi connectivity index (χ2n) is 7.17. The van der Waals surface area contributed by atoms with Gasteiger partial charge in [-0.05, 0) is 31.7 Å². The van der Waals surface area contributed by atoms with Gasteiger partial charge in [0.05, 0.1) is 6.54 Å². The minimum atomic E-state index is 0.306. The van der Waals surface area contributed by atoms with Gasteiger partial charge in [0.25, 0.3) is 0 Å². The number of likely N-dealkylation sites (tertiary alicyclic amines) is 2. The number of fused-ring (bicyclic) bond motifs is 1. The number of benzene rings is 1. The third-order valence-electron chi connectivity index (χ3n) is 5.46. The van der Waals surface area contributed by atoms with Gasteiger partial charge in [0.15, 0.2) is 11.5 Å². The number of hydrogen-bond acceptors (Lipinski definition) is 5. The molecule has 4 rings (SSSR count). The van der Waals surface area contributed by atoms with E-state index < -0.39 is 0 Å². The van der Waals surface area contributed by atoms with Crippen LogP contribution in [0.2, 0.25) is 0 Å². The minimum Gasteiger partial charge on any atom is -0.454 e. The lowest BCUT2D eigenvalue weighted by Crippen LogP contribution is -2.46. The highest BCUT2D eigenvalue weighted by atomic mass is 16.7. The number of hydrogen-bond donors (Lipinski definition) is 1. The lowest BCUT2D eigenvalue weighted by Gasteiger charge is -2.33. The summed E-state index contributed by atoms with van der Waals surface area (Å²) in [5.74, 6) is 2.03. The lowest BCUT2D eigenvalue weighted by molar-refractivity contribution is -0.131.